The Kier molecular flexibility index (Phi) is 7.96. The van der Waals surface area contributed by atoms with Crippen LogP contribution in [-0.2, 0) is 17.5 Å². The minimum absolute atomic E-state index is 0.0134. The molecule has 0 aliphatic carbocycles. The summed E-state index contributed by atoms with van der Waals surface area (Å²) in [7, 11) is 0. The molecule has 5 rings (SSSR count). The Morgan fingerprint density at radius 1 is 1.05 bits per heavy atom. The van der Waals surface area contributed by atoms with E-state index in [2.05, 4.69) is 6.58 Å². The Labute approximate surface area is 254 Å². The van der Waals surface area contributed by atoms with Crippen molar-refractivity contribution in [2.75, 3.05) is 18.8 Å². The Bertz CT molecular complexity index is 1960. The first-order valence-electron chi connectivity index (χ1n) is 13.8. The highest BCUT2D eigenvalue weighted by atomic mass is 35.5. The van der Waals surface area contributed by atoms with Crippen molar-refractivity contribution in [1.82, 2.24) is 14.0 Å². The van der Waals surface area contributed by atoms with Crippen LogP contribution in [0.15, 0.2) is 70.5 Å². The van der Waals surface area contributed by atoms with E-state index in [1.165, 1.54) is 32.2 Å². The molecule has 1 aliphatic rings. The molecule has 230 valence electrons. The number of hydrogen-bond donors (Lipinski definition) is 1. The highest BCUT2D eigenvalue weighted by Gasteiger charge is 2.35. The lowest BCUT2D eigenvalue weighted by Gasteiger charge is -2.39. The topological polar surface area (TPSA) is 90.3 Å². The van der Waals surface area contributed by atoms with Crippen molar-refractivity contribution >= 4 is 34.2 Å². The number of alkyl halides is 3. The Morgan fingerprint density at radius 3 is 2.34 bits per heavy atom. The minimum atomic E-state index is -4.74. The lowest BCUT2D eigenvalue weighted by Crippen LogP contribution is -2.53. The third-order valence-corrected chi connectivity index (χ3v) is 8.21. The number of nitrogen functional groups attached to an aromatic ring is 1. The number of nitrogens with zero attached hydrogens (tertiary/aromatic N) is 3. The summed E-state index contributed by atoms with van der Waals surface area (Å²) in [5.74, 6) is -2.34. The van der Waals surface area contributed by atoms with Crippen LogP contribution in [0.1, 0.15) is 36.5 Å². The molecular weight excluding hydrogens is 600 g/mol. The van der Waals surface area contributed by atoms with Crippen molar-refractivity contribution in [2.24, 2.45) is 5.92 Å². The second-order valence-corrected chi connectivity index (χ2v) is 11.7. The summed E-state index contributed by atoms with van der Waals surface area (Å²) in [6.45, 7) is 8.88. The number of carbonyl (C=O) groups is 1. The number of likely N-dealkylation sites (tertiary alicyclic amines) is 1. The van der Waals surface area contributed by atoms with Crippen molar-refractivity contribution in [1.29, 1.82) is 0 Å². The second kappa shape index (κ2) is 11.3. The number of aryl methyl sites for hydroxylation is 1. The molecule has 0 atom stereocenters. The number of hydrogen-bond acceptors (Lipinski definition) is 4. The van der Waals surface area contributed by atoms with Crippen LogP contribution in [-0.4, -0.2) is 33.0 Å². The monoisotopic (exact) mass is 628 g/mol. The largest absolute Gasteiger partial charge is 0.417 e. The van der Waals surface area contributed by atoms with E-state index in [1.807, 2.05) is 26.0 Å². The second-order valence-electron chi connectivity index (χ2n) is 11.3. The summed E-state index contributed by atoms with van der Waals surface area (Å²) in [6, 6.07) is 11.3. The van der Waals surface area contributed by atoms with Crippen LogP contribution in [0.3, 0.4) is 0 Å². The maximum atomic E-state index is 14.1. The number of aromatic nitrogens is 2. The molecule has 4 aromatic rings. The third kappa shape index (κ3) is 5.40. The number of nitrogens with two attached hydrogens (primary N) is 1. The van der Waals surface area contributed by atoms with Gasteiger partial charge in [-0.2, -0.15) is 13.2 Å². The van der Waals surface area contributed by atoms with Gasteiger partial charge in [-0.25, -0.2) is 4.39 Å². The predicted octanol–water partition coefficient (Wildman–Crippen LogP) is 6.45. The van der Waals surface area contributed by atoms with Crippen LogP contribution < -0.4 is 16.9 Å². The maximum absolute atomic E-state index is 14.1. The van der Waals surface area contributed by atoms with E-state index in [4.69, 9.17) is 17.3 Å². The van der Waals surface area contributed by atoms with Crippen LogP contribution in [0.5, 0.6) is 0 Å². The van der Waals surface area contributed by atoms with Crippen LogP contribution in [0.2, 0.25) is 5.02 Å². The zero-order valence-electron chi connectivity index (χ0n) is 24.1. The normalized spacial score (nSPS) is 13.9. The van der Waals surface area contributed by atoms with Crippen molar-refractivity contribution in [3.8, 4) is 16.8 Å². The van der Waals surface area contributed by atoms with Crippen LogP contribution >= 0.6 is 11.6 Å². The summed E-state index contributed by atoms with van der Waals surface area (Å²) in [5.41, 5.74) is 5.14. The molecule has 2 heterocycles. The SMILES string of the molecule is C=C(F)C(=O)N1CC(Cn2c(=O)c(=O)n(-c3c(C)cccc3C(C)C)c3cc(-c4cc(N)ccc4C(F)(F)F)c(Cl)cc32)C1. The summed E-state index contributed by atoms with van der Waals surface area (Å²) < 4.78 is 58.2. The summed E-state index contributed by atoms with van der Waals surface area (Å²) in [5, 5.41) is -0.0973. The molecule has 1 amide bonds. The van der Waals surface area contributed by atoms with Crippen LogP contribution in [0.25, 0.3) is 27.8 Å². The Hall–Kier alpha value is -4.38. The van der Waals surface area contributed by atoms with Crippen molar-refractivity contribution in [3.63, 3.8) is 0 Å². The number of benzene rings is 3. The van der Waals surface area contributed by atoms with Gasteiger partial charge in [-0.05, 0) is 59.9 Å². The first kappa shape index (κ1) is 31.1. The number of carbonyl (C=O) groups excluding carboxylic acids is 1. The highest BCUT2D eigenvalue weighted by Crippen LogP contribution is 2.42. The van der Waals surface area contributed by atoms with E-state index in [-0.39, 0.29) is 64.3 Å². The predicted molar refractivity (Wildman–Crippen MR) is 163 cm³/mol. The molecule has 3 aromatic carbocycles. The van der Waals surface area contributed by atoms with Gasteiger partial charge in [0, 0.05) is 36.8 Å². The molecule has 0 spiro atoms. The minimum Gasteiger partial charge on any atom is -0.399 e. The van der Waals surface area contributed by atoms with Gasteiger partial charge in [0.25, 0.3) is 5.91 Å². The average Bonchev–Trinajstić information content (AvgIpc) is 2.91. The van der Waals surface area contributed by atoms with Gasteiger partial charge in [0.05, 0.1) is 27.3 Å². The highest BCUT2D eigenvalue weighted by molar-refractivity contribution is 6.34. The number of halogens is 5. The van der Waals surface area contributed by atoms with Gasteiger partial charge in [0.15, 0.2) is 5.83 Å². The van der Waals surface area contributed by atoms with Gasteiger partial charge < -0.3 is 15.2 Å². The molecule has 7 nitrogen and oxygen atoms in total. The first-order chi connectivity index (χ1) is 20.6. The van der Waals surface area contributed by atoms with Crippen molar-refractivity contribution in [2.45, 2.75) is 39.4 Å². The van der Waals surface area contributed by atoms with E-state index < -0.39 is 34.6 Å². The third-order valence-electron chi connectivity index (χ3n) is 7.90. The molecule has 1 fully saturated rings. The van der Waals surface area contributed by atoms with Crippen molar-refractivity contribution < 1.29 is 22.4 Å². The van der Waals surface area contributed by atoms with Gasteiger partial charge in [-0.15, -0.1) is 0 Å². The molecular formula is C32H29ClF4N4O3. The molecule has 44 heavy (non-hydrogen) atoms. The summed E-state index contributed by atoms with van der Waals surface area (Å²) in [6.07, 6.45) is -4.74. The quantitative estimate of drug-likeness (QED) is 0.115. The standard InChI is InChI=1S/C32H29ClF4N4O3/c1-16(2)21-7-5-6-17(3)28(21)41-27-11-23(22-10-20(38)8-9-24(22)32(35,36)37)25(33)12-26(27)40(30(43)31(41)44)15-19-13-39(14-19)29(42)18(4)34/h5-12,16,19H,4,13-15,38H2,1-3H3. The fraction of sp³-hybridized carbons (Fsp3) is 0.281. The van der Waals surface area contributed by atoms with Crippen LogP contribution in [0.4, 0.5) is 23.2 Å². The Morgan fingerprint density at radius 2 is 1.73 bits per heavy atom. The van der Waals surface area contributed by atoms with E-state index in [0.29, 0.717) is 11.3 Å². The molecule has 12 heteroatoms. The van der Waals surface area contributed by atoms with Crippen LogP contribution in [0, 0.1) is 12.8 Å². The zero-order chi connectivity index (χ0) is 32.2. The summed E-state index contributed by atoms with van der Waals surface area (Å²) in [4.78, 5) is 40.9. The fourth-order valence-electron chi connectivity index (χ4n) is 5.75. The molecule has 1 aromatic heterocycles. The fourth-order valence-corrected chi connectivity index (χ4v) is 6.01. The number of para-hydroxylation sites is 1. The van der Waals surface area contributed by atoms with Gasteiger partial charge in [0.2, 0.25) is 0 Å². The summed E-state index contributed by atoms with van der Waals surface area (Å²) >= 11 is 6.66. The van der Waals surface area contributed by atoms with Crippen molar-refractivity contribution in [3.05, 3.63) is 103 Å². The van der Waals surface area contributed by atoms with Gasteiger partial charge in [-0.1, -0.05) is 50.2 Å². The molecule has 2 N–H and O–H groups in total. The molecule has 0 unspecified atom stereocenters. The number of anilines is 1. The van der Waals surface area contributed by atoms with Gasteiger partial charge in [0.1, 0.15) is 0 Å². The molecule has 0 saturated carbocycles. The van der Waals surface area contributed by atoms with Gasteiger partial charge >= 0.3 is 17.3 Å². The molecule has 0 bridgehead atoms. The molecule has 1 aliphatic heterocycles. The molecule has 1 saturated heterocycles. The maximum Gasteiger partial charge on any atom is 0.417 e. The smallest absolute Gasteiger partial charge is 0.399 e. The van der Waals surface area contributed by atoms with E-state index in [0.717, 1.165) is 17.7 Å². The number of fused-ring (bicyclic) bond motifs is 1. The van der Waals surface area contributed by atoms with E-state index in [1.54, 1.807) is 13.0 Å². The van der Waals surface area contributed by atoms with E-state index in [9.17, 15) is 31.9 Å². The lowest BCUT2D eigenvalue weighted by molar-refractivity contribution is -0.137. The lowest BCUT2D eigenvalue weighted by atomic mass is 9.96. The average molecular weight is 629 g/mol. The van der Waals surface area contributed by atoms with Gasteiger partial charge in [-0.3, -0.25) is 19.0 Å². The molecule has 0 radical (unpaired) electrons. The van der Waals surface area contributed by atoms with E-state index >= 15 is 0 Å². The number of amides is 1. The Balaban J connectivity index is 1.82. The first-order valence-corrected chi connectivity index (χ1v) is 14.2. The zero-order valence-corrected chi connectivity index (χ0v) is 24.9. The number of rotatable bonds is 6.